The molecule has 3 rings (SSSR count). The van der Waals surface area contributed by atoms with Gasteiger partial charge in [-0.1, -0.05) is 0 Å². The van der Waals surface area contributed by atoms with Crippen molar-refractivity contribution < 1.29 is 22.7 Å². The number of ether oxygens (including phenoxy) is 1. The average Bonchev–Trinajstić information content (AvgIpc) is 3.22. The highest BCUT2D eigenvalue weighted by Gasteiger charge is 2.39. The summed E-state index contributed by atoms with van der Waals surface area (Å²) in [5.41, 5.74) is 0.195. The smallest absolute Gasteiger partial charge is 0.417 e. The van der Waals surface area contributed by atoms with Gasteiger partial charge in [-0.3, -0.25) is 4.79 Å². The van der Waals surface area contributed by atoms with Crippen LogP contribution in [0.3, 0.4) is 0 Å². The second-order valence-electron chi connectivity index (χ2n) is 6.93. The lowest BCUT2D eigenvalue weighted by molar-refractivity contribution is 0.0248. The highest BCUT2D eigenvalue weighted by Crippen LogP contribution is 2.35. The number of benzene rings is 1. The molecular formula is C16H19NO5S. The van der Waals surface area contributed by atoms with Gasteiger partial charge >= 0.3 is 6.09 Å². The number of hydrogen-bond donors (Lipinski definition) is 0. The molecule has 1 aliphatic heterocycles. The van der Waals surface area contributed by atoms with Gasteiger partial charge in [0.1, 0.15) is 5.60 Å². The fraction of sp³-hybridized carbons (Fsp3) is 0.500. The van der Waals surface area contributed by atoms with Crippen molar-refractivity contribution in [1.29, 1.82) is 0 Å². The third-order valence-corrected chi connectivity index (χ3v) is 6.05. The molecule has 1 fully saturated rings. The van der Waals surface area contributed by atoms with E-state index in [2.05, 4.69) is 0 Å². The molecule has 7 heteroatoms. The Balaban J connectivity index is 1.87. The van der Waals surface area contributed by atoms with Gasteiger partial charge in [0.15, 0.2) is 9.84 Å². The number of sulfone groups is 1. The zero-order chi connectivity index (χ0) is 17.0. The van der Waals surface area contributed by atoms with Crippen LogP contribution in [0.1, 0.15) is 49.5 Å². The summed E-state index contributed by atoms with van der Waals surface area (Å²) in [6.07, 6.45) is 0.649. The van der Waals surface area contributed by atoms with E-state index in [1.165, 1.54) is 18.2 Å². The van der Waals surface area contributed by atoms with Crippen LogP contribution >= 0.6 is 0 Å². The summed E-state index contributed by atoms with van der Waals surface area (Å²) in [6, 6.07) is 4.44. The average molecular weight is 337 g/mol. The molecule has 1 saturated carbocycles. The maximum absolute atomic E-state index is 12.3. The van der Waals surface area contributed by atoms with Crippen molar-refractivity contribution in [2.75, 3.05) is 0 Å². The molecule has 23 heavy (non-hydrogen) atoms. The monoisotopic (exact) mass is 337 g/mol. The molecule has 2 amide bonds. The van der Waals surface area contributed by atoms with Crippen molar-refractivity contribution in [2.24, 2.45) is 0 Å². The maximum atomic E-state index is 12.3. The number of carbonyl (C=O) groups is 2. The van der Waals surface area contributed by atoms with E-state index in [4.69, 9.17) is 4.74 Å². The predicted octanol–water partition coefficient (Wildman–Crippen LogP) is 2.51. The van der Waals surface area contributed by atoms with Crippen LogP contribution in [0.4, 0.5) is 4.79 Å². The molecule has 0 spiro atoms. The van der Waals surface area contributed by atoms with Gasteiger partial charge in [0.05, 0.1) is 16.7 Å². The van der Waals surface area contributed by atoms with Gasteiger partial charge in [0.25, 0.3) is 5.91 Å². The highest BCUT2D eigenvalue weighted by molar-refractivity contribution is 7.92. The van der Waals surface area contributed by atoms with Crippen molar-refractivity contribution in [3.63, 3.8) is 0 Å². The predicted molar refractivity (Wildman–Crippen MR) is 82.8 cm³/mol. The van der Waals surface area contributed by atoms with Crippen molar-refractivity contribution >= 4 is 21.8 Å². The zero-order valence-corrected chi connectivity index (χ0v) is 14.1. The Morgan fingerprint density at radius 3 is 2.48 bits per heavy atom. The summed E-state index contributed by atoms with van der Waals surface area (Å²) in [7, 11) is -3.32. The molecule has 1 aliphatic carbocycles. The van der Waals surface area contributed by atoms with Gasteiger partial charge < -0.3 is 4.74 Å². The molecule has 0 N–H and O–H groups in total. The fourth-order valence-electron chi connectivity index (χ4n) is 2.51. The molecule has 0 aromatic heterocycles. The number of carbonyl (C=O) groups excluding carboxylic acids is 2. The molecule has 1 aromatic rings. The van der Waals surface area contributed by atoms with Crippen molar-refractivity contribution in [3.8, 4) is 0 Å². The summed E-state index contributed by atoms with van der Waals surface area (Å²) in [6.45, 7) is 5.20. The van der Waals surface area contributed by atoms with E-state index in [0.717, 1.165) is 4.90 Å². The molecule has 0 unspecified atom stereocenters. The van der Waals surface area contributed by atoms with E-state index in [1.807, 2.05) is 0 Å². The van der Waals surface area contributed by atoms with E-state index in [-0.39, 0.29) is 16.7 Å². The Bertz CT molecular complexity index is 787. The van der Waals surface area contributed by atoms with Crippen LogP contribution in [0.25, 0.3) is 0 Å². The first-order valence-electron chi connectivity index (χ1n) is 7.51. The highest BCUT2D eigenvalue weighted by atomic mass is 32.2. The lowest BCUT2D eigenvalue weighted by Gasteiger charge is -2.23. The van der Waals surface area contributed by atoms with Gasteiger partial charge in [0, 0.05) is 5.56 Å². The minimum Gasteiger partial charge on any atom is -0.443 e. The molecular weight excluding hydrogens is 318 g/mol. The van der Waals surface area contributed by atoms with Crippen molar-refractivity contribution in [1.82, 2.24) is 4.90 Å². The lowest BCUT2D eigenvalue weighted by Crippen LogP contribution is -2.36. The largest absolute Gasteiger partial charge is 0.443 e. The van der Waals surface area contributed by atoms with Gasteiger partial charge in [0.2, 0.25) is 0 Å². The normalized spacial score (nSPS) is 18.0. The van der Waals surface area contributed by atoms with Gasteiger partial charge in [-0.15, -0.1) is 0 Å². The van der Waals surface area contributed by atoms with Crippen LogP contribution in [-0.2, 0) is 21.1 Å². The Morgan fingerprint density at radius 1 is 1.26 bits per heavy atom. The quantitative estimate of drug-likeness (QED) is 0.828. The fourth-order valence-corrected chi connectivity index (χ4v) is 4.22. The van der Waals surface area contributed by atoms with Crippen LogP contribution < -0.4 is 0 Å². The standard InChI is InChI=1S/C16H19NO5S/c1-16(2,3)22-15(19)17-9-10-8-12(6-7-13(10)14(17)18)23(20,21)11-4-5-11/h6-8,11H,4-5,9H2,1-3H3. The minimum absolute atomic E-state index is 0.0388. The first kappa shape index (κ1) is 16.0. The first-order valence-corrected chi connectivity index (χ1v) is 9.06. The van der Waals surface area contributed by atoms with E-state index < -0.39 is 27.4 Å². The number of rotatable bonds is 2. The number of hydrogen-bond acceptors (Lipinski definition) is 5. The number of fused-ring (bicyclic) bond motifs is 1. The Hall–Kier alpha value is -1.89. The van der Waals surface area contributed by atoms with Crippen LogP contribution in [-0.4, -0.2) is 36.2 Å². The van der Waals surface area contributed by atoms with Crippen LogP contribution in [0.5, 0.6) is 0 Å². The second-order valence-corrected chi connectivity index (χ2v) is 9.16. The molecule has 0 atom stereocenters. The Morgan fingerprint density at radius 2 is 1.91 bits per heavy atom. The third kappa shape index (κ3) is 2.97. The van der Waals surface area contributed by atoms with Crippen LogP contribution in [0, 0.1) is 0 Å². The molecule has 0 radical (unpaired) electrons. The summed E-state index contributed by atoms with van der Waals surface area (Å²) in [5, 5.41) is -0.306. The van der Waals surface area contributed by atoms with Gasteiger partial charge in [-0.25, -0.2) is 18.1 Å². The summed E-state index contributed by atoms with van der Waals surface area (Å²) >= 11 is 0. The van der Waals surface area contributed by atoms with E-state index >= 15 is 0 Å². The topological polar surface area (TPSA) is 80.8 Å². The lowest BCUT2D eigenvalue weighted by atomic mass is 10.1. The Kier molecular flexibility index (Phi) is 3.51. The van der Waals surface area contributed by atoms with E-state index in [1.54, 1.807) is 20.8 Å². The number of imide groups is 1. The second kappa shape index (κ2) is 5.06. The zero-order valence-electron chi connectivity index (χ0n) is 13.3. The summed E-state index contributed by atoms with van der Waals surface area (Å²) in [4.78, 5) is 25.6. The Labute approximate surface area is 135 Å². The number of amides is 2. The van der Waals surface area contributed by atoms with Crippen LogP contribution in [0.15, 0.2) is 23.1 Å². The summed E-state index contributed by atoms with van der Waals surface area (Å²) < 4.78 is 29.8. The maximum Gasteiger partial charge on any atom is 0.417 e. The first-order chi connectivity index (χ1) is 10.6. The van der Waals surface area contributed by atoms with Crippen LogP contribution in [0.2, 0.25) is 0 Å². The molecule has 1 heterocycles. The SMILES string of the molecule is CC(C)(C)OC(=O)N1Cc2cc(S(=O)(=O)C3CC3)ccc2C1=O. The van der Waals surface area contributed by atoms with Gasteiger partial charge in [-0.2, -0.15) is 0 Å². The molecule has 124 valence electrons. The summed E-state index contributed by atoms with van der Waals surface area (Å²) in [5.74, 6) is -0.454. The van der Waals surface area contributed by atoms with E-state index in [0.29, 0.717) is 24.0 Å². The minimum atomic E-state index is -3.32. The molecule has 1 aromatic carbocycles. The van der Waals surface area contributed by atoms with Crippen molar-refractivity contribution in [3.05, 3.63) is 29.3 Å². The molecule has 0 bridgehead atoms. The molecule has 2 aliphatic rings. The van der Waals surface area contributed by atoms with Crippen molar-refractivity contribution in [2.45, 2.75) is 55.9 Å². The molecule has 6 nitrogen and oxygen atoms in total. The number of nitrogens with zero attached hydrogens (tertiary/aromatic N) is 1. The van der Waals surface area contributed by atoms with Gasteiger partial charge in [-0.05, 0) is 57.4 Å². The third-order valence-electron chi connectivity index (χ3n) is 3.79. The van der Waals surface area contributed by atoms with E-state index in [9.17, 15) is 18.0 Å². The molecule has 0 saturated heterocycles.